The standard InChI is InChI=1S/C32H24N2O6/c1-37-25-17-13-21(14-18-25)27-33-31(29(35)39-27,23-9-5-3-6-10-23)32(24-11-7-4-8-12-24)30(36)40-28(34-32)22-15-19-26(38-2)20-16-22/h3-20H,1-2H3/t31-,32+. The van der Waals surface area contributed by atoms with Gasteiger partial charge in [0.2, 0.25) is 22.9 Å². The molecule has 2 atom stereocenters. The summed E-state index contributed by atoms with van der Waals surface area (Å²) in [6.07, 6.45) is 0. The van der Waals surface area contributed by atoms with E-state index in [4.69, 9.17) is 28.9 Å². The molecule has 6 rings (SSSR count). The van der Waals surface area contributed by atoms with E-state index in [9.17, 15) is 9.59 Å². The second-order valence-electron chi connectivity index (χ2n) is 9.22. The third kappa shape index (κ3) is 3.76. The summed E-state index contributed by atoms with van der Waals surface area (Å²) >= 11 is 0. The third-order valence-electron chi connectivity index (χ3n) is 7.09. The van der Waals surface area contributed by atoms with Crippen molar-refractivity contribution in [3.8, 4) is 11.5 Å². The molecule has 40 heavy (non-hydrogen) atoms. The largest absolute Gasteiger partial charge is 0.497 e. The SMILES string of the molecule is COc1ccc(C2=N[C@](c3ccccc3)([C@]3(c4ccccc4)N=C(c4ccc(OC)cc4)OC3=O)C(=O)O2)cc1. The van der Waals surface area contributed by atoms with Gasteiger partial charge in [-0.1, -0.05) is 60.7 Å². The highest BCUT2D eigenvalue weighted by atomic mass is 16.6. The smallest absolute Gasteiger partial charge is 0.349 e. The van der Waals surface area contributed by atoms with Crippen LogP contribution in [0.2, 0.25) is 0 Å². The molecule has 4 aromatic carbocycles. The van der Waals surface area contributed by atoms with Crippen LogP contribution in [0.4, 0.5) is 0 Å². The molecule has 0 fully saturated rings. The van der Waals surface area contributed by atoms with E-state index in [1.54, 1.807) is 111 Å². The zero-order valence-corrected chi connectivity index (χ0v) is 21.7. The van der Waals surface area contributed by atoms with Gasteiger partial charge in [-0.3, -0.25) is 0 Å². The zero-order valence-electron chi connectivity index (χ0n) is 21.7. The number of aliphatic imine (C=N–C) groups is 2. The number of esters is 2. The van der Waals surface area contributed by atoms with Gasteiger partial charge in [-0.15, -0.1) is 0 Å². The van der Waals surface area contributed by atoms with Gasteiger partial charge < -0.3 is 18.9 Å². The molecule has 0 bridgehead atoms. The summed E-state index contributed by atoms with van der Waals surface area (Å²) in [5.74, 6) is -0.0933. The highest BCUT2D eigenvalue weighted by Crippen LogP contribution is 2.53. The fourth-order valence-electron chi connectivity index (χ4n) is 5.08. The molecule has 0 saturated heterocycles. The van der Waals surface area contributed by atoms with Crippen molar-refractivity contribution in [2.24, 2.45) is 9.98 Å². The molecule has 0 unspecified atom stereocenters. The number of rotatable bonds is 7. The molecule has 4 aromatic rings. The summed E-state index contributed by atoms with van der Waals surface area (Å²) in [6, 6.07) is 31.6. The van der Waals surface area contributed by atoms with Gasteiger partial charge in [0.15, 0.2) is 0 Å². The first-order valence-electron chi connectivity index (χ1n) is 12.6. The molecule has 0 N–H and O–H groups in total. The monoisotopic (exact) mass is 532 g/mol. The van der Waals surface area contributed by atoms with Crippen molar-refractivity contribution in [1.29, 1.82) is 0 Å². The summed E-state index contributed by atoms with van der Waals surface area (Å²) in [5, 5.41) is 0. The van der Waals surface area contributed by atoms with Crippen LogP contribution in [0.15, 0.2) is 119 Å². The van der Waals surface area contributed by atoms with Crippen LogP contribution in [0.25, 0.3) is 0 Å². The summed E-state index contributed by atoms with van der Waals surface area (Å²) in [5.41, 5.74) is -1.89. The Kier molecular flexibility index (Phi) is 6.15. The van der Waals surface area contributed by atoms with Gasteiger partial charge in [0, 0.05) is 11.1 Å². The number of nitrogens with zero attached hydrogens (tertiary/aromatic N) is 2. The molecule has 2 heterocycles. The summed E-state index contributed by atoms with van der Waals surface area (Å²) in [7, 11) is 3.13. The average Bonchev–Trinajstić information content (AvgIpc) is 3.56. The number of benzene rings is 4. The Balaban J connectivity index is 1.63. The van der Waals surface area contributed by atoms with E-state index in [0.29, 0.717) is 33.8 Å². The van der Waals surface area contributed by atoms with Crippen LogP contribution in [0.3, 0.4) is 0 Å². The minimum atomic E-state index is -1.92. The van der Waals surface area contributed by atoms with E-state index in [1.165, 1.54) is 0 Å². The highest BCUT2D eigenvalue weighted by molar-refractivity contribution is 6.15. The minimum absolute atomic E-state index is 0.0627. The Morgan fingerprint density at radius 3 is 1.20 bits per heavy atom. The molecular formula is C32H24N2O6. The van der Waals surface area contributed by atoms with Crippen molar-refractivity contribution in [2.75, 3.05) is 14.2 Å². The zero-order chi connectivity index (χ0) is 27.7. The van der Waals surface area contributed by atoms with Crippen LogP contribution in [0.1, 0.15) is 22.3 Å². The molecular weight excluding hydrogens is 508 g/mol. The van der Waals surface area contributed by atoms with Crippen LogP contribution >= 0.6 is 0 Å². The van der Waals surface area contributed by atoms with Crippen LogP contribution < -0.4 is 9.47 Å². The summed E-state index contributed by atoms with van der Waals surface area (Å²) in [4.78, 5) is 38.2. The number of cyclic esters (lactones) is 2. The van der Waals surface area contributed by atoms with Crippen molar-refractivity contribution in [3.63, 3.8) is 0 Å². The molecule has 2 aliphatic heterocycles. The second kappa shape index (κ2) is 9.81. The minimum Gasteiger partial charge on any atom is -0.497 e. The molecule has 0 aliphatic carbocycles. The van der Waals surface area contributed by atoms with Crippen molar-refractivity contribution in [2.45, 2.75) is 11.1 Å². The van der Waals surface area contributed by atoms with Crippen LogP contribution in [0.5, 0.6) is 11.5 Å². The van der Waals surface area contributed by atoms with E-state index >= 15 is 0 Å². The van der Waals surface area contributed by atoms with Gasteiger partial charge in [0.25, 0.3) is 0 Å². The lowest BCUT2D eigenvalue weighted by Crippen LogP contribution is -2.54. The Bertz CT molecular complexity index is 1510. The van der Waals surface area contributed by atoms with E-state index in [1.807, 2.05) is 12.1 Å². The van der Waals surface area contributed by atoms with Crippen LogP contribution in [-0.4, -0.2) is 38.0 Å². The molecule has 0 amide bonds. The van der Waals surface area contributed by atoms with E-state index < -0.39 is 23.0 Å². The molecule has 0 radical (unpaired) electrons. The van der Waals surface area contributed by atoms with Crippen molar-refractivity contribution < 1.29 is 28.5 Å². The fourth-order valence-corrected chi connectivity index (χ4v) is 5.08. The predicted octanol–water partition coefficient (Wildman–Crippen LogP) is 4.80. The third-order valence-corrected chi connectivity index (χ3v) is 7.09. The first-order chi connectivity index (χ1) is 19.5. The maximum atomic E-state index is 14.2. The normalized spacial score (nSPS) is 21.8. The van der Waals surface area contributed by atoms with Crippen LogP contribution in [-0.2, 0) is 30.1 Å². The molecule has 8 heteroatoms. The Morgan fingerprint density at radius 2 is 0.875 bits per heavy atom. The second-order valence-corrected chi connectivity index (χ2v) is 9.22. The first kappa shape index (κ1) is 25.1. The lowest BCUT2D eigenvalue weighted by molar-refractivity contribution is -0.152. The lowest BCUT2D eigenvalue weighted by Gasteiger charge is -2.36. The van der Waals surface area contributed by atoms with Gasteiger partial charge >= 0.3 is 11.9 Å². The van der Waals surface area contributed by atoms with E-state index in [2.05, 4.69) is 0 Å². The maximum Gasteiger partial charge on any atom is 0.349 e. The quantitative estimate of drug-likeness (QED) is 0.317. The van der Waals surface area contributed by atoms with Gasteiger partial charge in [-0.2, -0.15) is 0 Å². The number of methoxy groups -OCH3 is 2. The van der Waals surface area contributed by atoms with Gasteiger partial charge in [-0.25, -0.2) is 19.6 Å². The number of ether oxygens (including phenoxy) is 4. The molecule has 198 valence electrons. The topological polar surface area (TPSA) is 95.8 Å². The van der Waals surface area contributed by atoms with Gasteiger partial charge in [0.05, 0.1) is 14.2 Å². The molecule has 2 aliphatic rings. The maximum absolute atomic E-state index is 14.2. The predicted molar refractivity (Wildman–Crippen MR) is 147 cm³/mol. The van der Waals surface area contributed by atoms with Crippen molar-refractivity contribution >= 4 is 23.7 Å². The van der Waals surface area contributed by atoms with Crippen molar-refractivity contribution in [3.05, 3.63) is 131 Å². The number of carbonyl (C=O) groups is 2. The Labute approximate surface area is 230 Å². The van der Waals surface area contributed by atoms with Gasteiger partial charge in [-0.05, 0) is 59.7 Å². The summed E-state index contributed by atoms with van der Waals surface area (Å²) < 4.78 is 22.2. The molecule has 0 aromatic heterocycles. The van der Waals surface area contributed by atoms with Crippen molar-refractivity contribution in [1.82, 2.24) is 0 Å². The molecule has 8 nitrogen and oxygen atoms in total. The molecule has 0 spiro atoms. The van der Waals surface area contributed by atoms with Gasteiger partial charge in [0.1, 0.15) is 11.5 Å². The van der Waals surface area contributed by atoms with Crippen LogP contribution in [0, 0.1) is 0 Å². The first-order valence-corrected chi connectivity index (χ1v) is 12.6. The number of hydrogen-bond acceptors (Lipinski definition) is 8. The summed E-state index contributed by atoms with van der Waals surface area (Å²) in [6.45, 7) is 0. The van der Waals surface area contributed by atoms with E-state index in [-0.39, 0.29) is 11.8 Å². The van der Waals surface area contributed by atoms with E-state index in [0.717, 1.165) is 0 Å². The Hall–Kier alpha value is -5.24. The number of carbonyl (C=O) groups excluding carboxylic acids is 2. The highest BCUT2D eigenvalue weighted by Gasteiger charge is 2.71. The number of hydrogen-bond donors (Lipinski definition) is 0. The average molecular weight is 533 g/mol. The molecule has 0 saturated carbocycles. The fraction of sp³-hybridized carbons (Fsp3) is 0.125. The Morgan fingerprint density at radius 1 is 0.525 bits per heavy atom. The lowest BCUT2D eigenvalue weighted by atomic mass is 9.69.